The second kappa shape index (κ2) is 6.18. The van der Waals surface area contributed by atoms with Gasteiger partial charge < -0.3 is 14.4 Å². The van der Waals surface area contributed by atoms with Crippen molar-refractivity contribution in [1.82, 2.24) is 9.55 Å². The van der Waals surface area contributed by atoms with Gasteiger partial charge in [-0.25, -0.2) is 4.98 Å². The maximum absolute atomic E-state index is 9.04. The molecule has 0 saturated carbocycles. The minimum Gasteiger partial charge on any atom is -0.390 e. The van der Waals surface area contributed by atoms with E-state index < -0.39 is 0 Å². The Morgan fingerprint density at radius 2 is 2.06 bits per heavy atom. The lowest BCUT2D eigenvalue weighted by Gasteiger charge is -2.07. The number of aliphatic hydroxyl groups excluding tert-OH is 1. The second-order valence-electron chi connectivity index (χ2n) is 3.77. The molecule has 0 fully saturated rings. The Balaban J connectivity index is 1.73. The zero-order chi connectivity index (χ0) is 11.9. The van der Waals surface area contributed by atoms with E-state index in [0.29, 0.717) is 19.8 Å². The molecule has 0 aliphatic rings. The fourth-order valence-corrected chi connectivity index (χ4v) is 1.61. The number of hydrogen-bond donors (Lipinski definition) is 1. The first kappa shape index (κ1) is 11.8. The Kier molecular flexibility index (Phi) is 4.30. The maximum Gasteiger partial charge on any atom is 0.0949 e. The first-order valence-electron chi connectivity index (χ1n) is 5.61. The van der Waals surface area contributed by atoms with Crippen LogP contribution in [0.25, 0.3) is 0 Å². The van der Waals surface area contributed by atoms with E-state index in [1.54, 1.807) is 12.5 Å². The average molecular weight is 232 g/mol. The number of aromatic nitrogens is 2. The van der Waals surface area contributed by atoms with E-state index in [0.717, 1.165) is 5.69 Å². The minimum absolute atomic E-state index is 0.0126. The van der Waals surface area contributed by atoms with Crippen molar-refractivity contribution in [2.75, 3.05) is 6.61 Å². The molecule has 0 amide bonds. The quantitative estimate of drug-likeness (QED) is 0.769. The lowest BCUT2D eigenvalue weighted by Crippen LogP contribution is -2.08. The first-order valence-corrected chi connectivity index (χ1v) is 5.61. The Labute approximate surface area is 100 Å². The van der Waals surface area contributed by atoms with Crippen molar-refractivity contribution >= 4 is 0 Å². The normalized spacial score (nSPS) is 10.6. The smallest absolute Gasteiger partial charge is 0.0949 e. The summed E-state index contributed by atoms with van der Waals surface area (Å²) in [5.41, 5.74) is 1.98. The van der Waals surface area contributed by atoms with Crippen molar-refractivity contribution in [1.29, 1.82) is 0 Å². The highest BCUT2D eigenvalue weighted by Gasteiger charge is 1.99. The third kappa shape index (κ3) is 3.41. The predicted molar refractivity (Wildman–Crippen MR) is 64.2 cm³/mol. The van der Waals surface area contributed by atoms with Gasteiger partial charge in [0.15, 0.2) is 0 Å². The van der Waals surface area contributed by atoms with Gasteiger partial charge in [-0.2, -0.15) is 0 Å². The van der Waals surface area contributed by atoms with E-state index >= 15 is 0 Å². The average Bonchev–Trinajstić information content (AvgIpc) is 2.83. The number of ether oxygens (including phenoxy) is 1. The second-order valence-corrected chi connectivity index (χ2v) is 3.77. The van der Waals surface area contributed by atoms with Gasteiger partial charge in [-0.05, 0) is 5.56 Å². The van der Waals surface area contributed by atoms with Gasteiger partial charge >= 0.3 is 0 Å². The van der Waals surface area contributed by atoms with Crippen LogP contribution in [0, 0.1) is 0 Å². The van der Waals surface area contributed by atoms with E-state index in [9.17, 15) is 0 Å². The lowest BCUT2D eigenvalue weighted by molar-refractivity contribution is 0.111. The van der Waals surface area contributed by atoms with Gasteiger partial charge in [0.1, 0.15) is 0 Å². The molecule has 1 aromatic heterocycles. The van der Waals surface area contributed by atoms with Crippen LogP contribution in [-0.4, -0.2) is 21.3 Å². The zero-order valence-electron chi connectivity index (χ0n) is 9.62. The van der Waals surface area contributed by atoms with Crippen LogP contribution >= 0.6 is 0 Å². The fourth-order valence-electron chi connectivity index (χ4n) is 1.61. The summed E-state index contributed by atoms with van der Waals surface area (Å²) in [4.78, 5) is 3.98. The highest BCUT2D eigenvalue weighted by molar-refractivity contribution is 5.13. The molecule has 0 unspecified atom stereocenters. The number of hydrogen-bond acceptors (Lipinski definition) is 3. The molecule has 1 heterocycles. The topological polar surface area (TPSA) is 47.3 Å². The van der Waals surface area contributed by atoms with Gasteiger partial charge in [-0.15, -0.1) is 0 Å². The molecule has 1 aromatic carbocycles. The predicted octanol–water partition coefficient (Wildman–Crippen LogP) is 1.59. The molecule has 2 rings (SSSR count). The van der Waals surface area contributed by atoms with Crippen LogP contribution in [0.2, 0.25) is 0 Å². The first-order chi connectivity index (χ1) is 8.40. The van der Waals surface area contributed by atoms with Crippen molar-refractivity contribution < 1.29 is 9.84 Å². The highest BCUT2D eigenvalue weighted by Crippen LogP contribution is 2.02. The highest BCUT2D eigenvalue weighted by atomic mass is 16.5. The van der Waals surface area contributed by atoms with Crippen molar-refractivity contribution in [3.05, 3.63) is 54.1 Å². The molecule has 0 aliphatic carbocycles. The summed E-state index contributed by atoms with van der Waals surface area (Å²) in [5, 5.41) is 9.04. The third-order valence-corrected chi connectivity index (χ3v) is 2.55. The minimum atomic E-state index is 0.0126. The van der Waals surface area contributed by atoms with Gasteiger partial charge in [-0.3, -0.25) is 0 Å². The summed E-state index contributed by atoms with van der Waals surface area (Å²) in [6.45, 7) is 1.95. The summed E-state index contributed by atoms with van der Waals surface area (Å²) in [6, 6.07) is 10.1. The van der Waals surface area contributed by atoms with Gasteiger partial charge in [0.2, 0.25) is 0 Å². The summed E-state index contributed by atoms with van der Waals surface area (Å²) in [6.07, 6.45) is 3.37. The molecule has 0 aliphatic heterocycles. The fraction of sp³-hybridized carbons (Fsp3) is 0.308. The van der Waals surface area contributed by atoms with Crippen LogP contribution in [0.5, 0.6) is 0 Å². The molecule has 4 heteroatoms. The van der Waals surface area contributed by atoms with Crippen LogP contribution in [-0.2, 0) is 24.5 Å². The molecule has 0 saturated heterocycles. The van der Waals surface area contributed by atoms with E-state index in [1.807, 2.05) is 34.9 Å². The molecule has 17 heavy (non-hydrogen) atoms. The van der Waals surface area contributed by atoms with E-state index in [4.69, 9.17) is 9.84 Å². The van der Waals surface area contributed by atoms with Gasteiger partial charge in [0.05, 0.1) is 38.0 Å². The zero-order valence-corrected chi connectivity index (χ0v) is 9.62. The SMILES string of the molecule is OCc1cncn1CCOCc1ccccc1. The molecular weight excluding hydrogens is 216 g/mol. The third-order valence-electron chi connectivity index (χ3n) is 2.55. The molecule has 2 aromatic rings. The summed E-state index contributed by atoms with van der Waals surface area (Å²) >= 11 is 0. The van der Waals surface area contributed by atoms with Crippen molar-refractivity contribution in [2.24, 2.45) is 0 Å². The number of rotatable bonds is 6. The lowest BCUT2D eigenvalue weighted by atomic mass is 10.2. The summed E-state index contributed by atoms with van der Waals surface area (Å²) in [5.74, 6) is 0. The van der Waals surface area contributed by atoms with Gasteiger partial charge in [-0.1, -0.05) is 30.3 Å². The van der Waals surface area contributed by atoms with Crippen LogP contribution in [0.3, 0.4) is 0 Å². The summed E-state index contributed by atoms with van der Waals surface area (Å²) in [7, 11) is 0. The maximum atomic E-state index is 9.04. The van der Waals surface area contributed by atoms with Crippen LogP contribution < -0.4 is 0 Å². The molecule has 0 spiro atoms. The molecule has 4 nitrogen and oxygen atoms in total. The van der Waals surface area contributed by atoms with E-state index in [1.165, 1.54) is 5.56 Å². The number of aliphatic hydroxyl groups is 1. The Hall–Kier alpha value is -1.65. The molecular formula is C13H16N2O2. The number of benzene rings is 1. The van der Waals surface area contributed by atoms with Crippen molar-refractivity contribution in [2.45, 2.75) is 19.8 Å². The molecule has 1 N–H and O–H groups in total. The largest absolute Gasteiger partial charge is 0.390 e. The van der Waals surface area contributed by atoms with Gasteiger partial charge in [0, 0.05) is 6.54 Å². The van der Waals surface area contributed by atoms with Gasteiger partial charge in [0.25, 0.3) is 0 Å². The van der Waals surface area contributed by atoms with Crippen molar-refractivity contribution in [3.63, 3.8) is 0 Å². The van der Waals surface area contributed by atoms with Crippen LogP contribution in [0.4, 0.5) is 0 Å². The standard InChI is InChI=1S/C13H16N2O2/c16-9-13-8-14-11-15(13)6-7-17-10-12-4-2-1-3-5-12/h1-5,8,11,16H,6-7,9-10H2. The number of imidazole rings is 1. The van der Waals surface area contributed by atoms with Crippen molar-refractivity contribution in [3.8, 4) is 0 Å². The molecule has 0 bridgehead atoms. The molecule has 90 valence electrons. The number of nitrogens with zero attached hydrogens (tertiary/aromatic N) is 2. The monoisotopic (exact) mass is 232 g/mol. The van der Waals surface area contributed by atoms with E-state index in [2.05, 4.69) is 4.98 Å². The Morgan fingerprint density at radius 3 is 2.82 bits per heavy atom. The summed E-state index contributed by atoms with van der Waals surface area (Å²) < 4.78 is 7.46. The molecule has 0 atom stereocenters. The molecule has 0 radical (unpaired) electrons. The van der Waals surface area contributed by atoms with E-state index in [-0.39, 0.29) is 6.61 Å². The van der Waals surface area contributed by atoms with Crippen LogP contribution in [0.1, 0.15) is 11.3 Å². The Bertz CT molecular complexity index is 440. The van der Waals surface area contributed by atoms with Crippen LogP contribution in [0.15, 0.2) is 42.9 Å². The Morgan fingerprint density at radius 1 is 1.24 bits per heavy atom.